The highest BCUT2D eigenvalue weighted by molar-refractivity contribution is 6.10. The van der Waals surface area contributed by atoms with Crippen molar-refractivity contribution in [3.8, 4) is 0 Å². The Morgan fingerprint density at radius 3 is 2.43 bits per heavy atom. The van der Waals surface area contributed by atoms with E-state index < -0.39 is 35.0 Å². The maximum absolute atomic E-state index is 13.7. The van der Waals surface area contributed by atoms with Gasteiger partial charge in [0.05, 0.1) is 28.6 Å². The molecule has 4 aromatic rings. The molecule has 1 atom stereocenters. The monoisotopic (exact) mass is 826 g/mol. The molecule has 18 nitrogen and oxygen atoms in total. The van der Waals surface area contributed by atoms with Gasteiger partial charge in [0.25, 0.3) is 0 Å². The van der Waals surface area contributed by atoms with Gasteiger partial charge < -0.3 is 35.5 Å². The third kappa shape index (κ3) is 11.8. The average Bonchev–Trinajstić information content (AvgIpc) is 3.54. The van der Waals surface area contributed by atoms with Crippen molar-refractivity contribution < 1.29 is 38.6 Å². The molecule has 2 aromatic heterocycles. The van der Waals surface area contributed by atoms with E-state index in [1.54, 1.807) is 38.1 Å². The number of aliphatic hydroxyl groups is 1. The topological polar surface area (TPSA) is 266 Å². The summed E-state index contributed by atoms with van der Waals surface area (Å²) < 4.78 is 13.1. The second-order valence-electron chi connectivity index (χ2n) is 15.7. The zero-order chi connectivity index (χ0) is 43.3. The number of hydrogen-bond donors (Lipinski definition) is 5. The number of amides is 4. The predicted octanol–water partition coefficient (Wildman–Crippen LogP) is 6.82. The van der Waals surface area contributed by atoms with Gasteiger partial charge in [0.15, 0.2) is 5.82 Å². The second-order valence-corrected chi connectivity index (χ2v) is 15.7. The minimum Gasteiger partial charge on any atom is -0.444 e. The van der Waals surface area contributed by atoms with E-state index in [0.717, 1.165) is 11.8 Å². The fraction of sp³-hybridized carbons (Fsp3) is 0.500. The van der Waals surface area contributed by atoms with Crippen molar-refractivity contribution >= 4 is 63.0 Å². The predicted molar refractivity (Wildman–Crippen MR) is 225 cm³/mol. The van der Waals surface area contributed by atoms with Crippen LogP contribution in [0.15, 0.2) is 53.6 Å². The van der Waals surface area contributed by atoms with Crippen LogP contribution in [0.1, 0.15) is 89.9 Å². The quantitative estimate of drug-likeness (QED) is 0.0171. The first-order valence-corrected chi connectivity index (χ1v) is 20.3. The number of unbranched alkanes of at least 4 members (excludes halogenated alkanes) is 1. The minimum absolute atomic E-state index is 0.106. The number of para-hydroxylation sites is 1. The number of aromatic nitrogens is 3. The van der Waals surface area contributed by atoms with Crippen LogP contribution in [0.5, 0.6) is 0 Å². The molecule has 0 radical (unpaired) electrons. The van der Waals surface area contributed by atoms with E-state index in [1.165, 1.54) is 0 Å². The van der Waals surface area contributed by atoms with Crippen molar-refractivity contribution in [1.29, 1.82) is 0 Å². The molecule has 5 rings (SSSR count). The van der Waals surface area contributed by atoms with Crippen molar-refractivity contribution in [2.45, 2.75) is 104 Å². The summed E-state index contributed by atoms with van der Waals surface area (Å²) in [7, 11) is 0. The van der Waals surface area contributed by atoms with Crippen molar-refractivity contribution in [3.63, 3.8) is 0 Å². The molecule has 0 saturated heterocycles. The summed E-state index contributed by atoms with van der Waals surface area (Å²) in [5, 5.41) is 23.2. The Labute approximate surface area is 347 Å². The largest absolute Gasteiger partial charge is 0.444 e. The zero-order valence-corrected chi connectivity index (χ0v) is 34.4. The summed E-state index contributed by atoms with van der Waals surface area (Å²) in [4.78, 5) is 77.2. The number of nitrogens with one attached hydrogen (secondary N) is 3. The molecule has 6 N–H and O–H groups in total. The van der Waals surface area contributed by atoms with E-state index in [4.69, 9.17) is 25.7 Å². The first-order chi connectivity index (χ1) is 28.7. The smallest absolute Gasteiger partial charge is 0.413 e. The number of rotatable bonds is 23. The Morgan fingerprint density at radius 1 is 1.02 bits per heavy atom. The molecule has 0 unspecified atom stereocenters. The van der Waals surface area contributed by atoms with Gasteiger partial charge in [0.2, 0.25) is 5.91 Å². The molecule has 0 aliphatic heterocycles. The third-order valence-corrected chi connectivity index (χ3v) is 10.5. The standard InChI is InChI=1S/C42H54N10O8/c1-4-59-25-34-49-35-36(52(34)26-41(2,3)58)30-12-5-6-13-31(30)48-37(35)50-40(57)60-24-27-15-17-29(18-16-27)47-38(55)28(11-9-21-45-39(43)56)23-33(54)42(19-10-20-42)32(53)14-7-8-22-46-51-44/h5-6,12-13,15-18,28,58H,4,7-11,14,19-26H2,1-3H3,(H,47,55)(H3,43,45,56)(H,48,50,57)/t28-/m1/s1. The lowest BCUT2D eigenvalue weighted by molar-refractivity contribution is -0.148. The lowest BCUT2D eigenvalue weighted by Crippen LogP contribution is -2.46. The molecule has 2 heterocycles. The maximum atomic E-state index is 13.7. The van der Waals surface area contributed by atoms with Crippen LogP contribution < -0.4 is 21.7 Å². The van der Waals surface area contributed by atoms with Crippen molar-refractivity contribution in [3.05, 3.63) is 70.4 Å². The molecule has 4 amide bonds. The van der Waals surface area contributed by atoms with Gasteiger partial charge in [-0.05, 0) is 88.6 Å². The van der Waals surface area contributed by atoms with Crippen molar-refractivity contribution in [2.24, 2.45) is 22.2 Å². The fourth-order valence-corrected chi connectivity index (χ4v) is 7.34. The van der Waals surface area contributed by atoms with Gasteiger partial charge in [0.1, 0.15) is 36.1 Å². The normalized spacial score (nSPS) is 13.8. The summed E-state index contributed by atoms with van der Waals surface area (Å²) in [6.45, 7) is 6.54. The van der Waals surface area contributed by atoms with Crippen LogP contribution in [-0.4, -0.2) is 74.5 Å². The van der Waals surface area contributed by atoms with Crippen LogP contribution in [0, 0.1) is 11.3 Å². The molecule has 1 saturated carbocycles. The number of ketones is 2. The molecule has 0 spiro atoms. The Balaban J connectivity index is 1.24. The van der Waals surface area contributed by atoms with Crippen LogP contribution in [0.3, 0.4) is 0 Å². The van der Waals surface area contributed by atoms with Gasteiger partial charge in [-0.1, -0.05) is 41.9 Å². The first-order valence-electron chi connectivity index (χ1n) is 20.3. The van der Waals surface area contributed by atoms with Gasteiger partial charge in [-0.25, -0.2) is 19.6 Å². The summed E-state index contributed by atoms with van der Waals surface area (Å²) in [6.07, 6.45) is 2.58. The highest BCUT2D eigenvalue weighted by Crippen LogP contribution is 2.45. The Kier molecular flexibility index (Phi) is 15.5. The number of urea groups is 1. The number of primary amides is 1. The number of carbonyl (C=O) groups excluding carboxylic acids is 5. The summed E-state index contributed by atoms with van der Waals surface area (Å²) >= 11 is 0. The van der Waals surface area contributed by atoms with E-state index in [1.807, 2.05) is 35.8 Å². The molecule has 2 aromatic carbocycles. The van der Waals surface area contributed by atoms with Crippen LogP contribution in [0.2, 0.25) is 0 Å². The highest BCUT2D eigenvalue weighted by atomic mass is 16.5. The summed E-state index contributed by atoms with van der Waals surface area (Å²) in [6, 6.07) is 13.4. The van der Waals surface area contributed by atoms with Gasteiger partial charge in [-0.15, -0.1) is 0 Å². The molecular formula is C42H54N10O8. The number of nitrogens with two attached hydrogens (primary N) is 1. The van der Waals surface area contributed by atoms with E-state index >= 15 is 0 Å². The average molecular weight is 827 g/mol. The number of anilines is 2. The highest BCUT2D eigenvalue weighted by Gasteiger charge is 2.49. The number of nitrogens with zero attached hydrogens (tertiary/aromatic N) is 6. The minimum atomic E-state index is -1.11. The molecule has 1 fully saturated rings. The molecular weight excluding hydrogens is 773 g/mol. The molecule has 0 bridgehead atoms. The van der Waals surface area contributed by atoms with Crippen LogP contribution >= 0.6 is 0 Å². The Bertz CT molecular complexity index is 2220. The lowest BCUT2D eigenvalue weighted by Gasteiger charge is -2.39. The van der Waals surface area contributed by atoms with Gasteiger partial charge in [-0.2, -0.15) is 0 Å². The summed E-state index contributed by atoms with van der Waals surface area (Å²) in [5.74, 6) is -0.848. The van der Waals surface area contributed by atoms with Crippen LogP contribution in [0.25, 0.3) is 32.4 Å². The fourth-order valence-electron chi connectivity index (χ4n) is 7.34. The number of azide groups is 1. The van der Waals surface area contributed by atoms with Crippen LogP contribution in [0.4, 0.5) is 21.1 Å². The number of Topliss-reactive ketones (excluding diaryl/α,β-unsaturated/α-hetero) is 2. The lowest BCUT2D eigenvalue weighted by atomic mass is 9.61. The molecule has 18 heteroatoms. The SMILES string of the molecule is CCOCc1nc2c(NC(=O)OCc3ccc(NC(=O)[C@H](CCCNC(N)=O)CC(=O)C4(C(=O)CCCCN=[N+]=[N-])CCC4)cc3)nc3ccccc3c2n1CC(C)(C)O. The third-order valence-electron chi connectivity index (χ3n) is 10.5. The number of imidazole rings is 1. The number of carbonyl (C=O) groups is 5. The molecule has 1 aliphatic rings. The van der Waals surface area contributed by atoms with Crippen LogP contribution in [-0.2, 0) is 43.6 Å². The van der Waals surface area contributed by atoms with Crippen molar-refractivity contribution in [2.75, 3.05) is 30.3 Å². The van der Waals surface area contributed by atoms with E-state index in [9.17, 15) is 29.1 Å². The molecule has 60 heavy (non-hydrogen) atoms. The number of pyridine rings is 1. The van der Waals surface area contributed by atoms with Crippen molar-refractivity contribution in [1.82, 2.24) is 19.9 Å². The number of benzene rings is 2. The van der Waals surface area contributed by atoms with Gasteiger partial charge in [-0.3, -0.25) is 19.7 Å². The Hall–Kier alpha value is -6.10. The second kappa shape index (κ2) is 20.7. The Morgan fingerprint density at radius 2 is 1.77 bits per heavy atom. The zero-order valence-electron chi connectivity index (χ0n) is 34.4. The van der Waals surface area contributed by atoms with E-state index in [-0.39, 0.29) is 69.5 Å². The first kappa shape index (κ1) is 45.0. The number of ether oxygens (including phenoxy) is 2. The van der Waals surface area contributed by atoms with E-state index in [0.29, 0.717) is 72.3 Å². The molecule has 320 valence electrons. The maximum Gasteiger partial charge on any atom is 0.413 e. The number of hydrogen-bond acceptors (Lipinski definition) is 11. The summed E-state index contributed by atoms with van der Waals surface area (Å²) in [5.41, 5.74) is 14.3. The number of fused-ring (bicyclic) bond motifs is 3. The van der Waals surface area contributed by atoms with Gasteiger partial charge in [0, 0.05) is 54.4 Å². The van der Waals surface area contributed by atoms with E-state index in [2.05, 4.69) is 31.0 Å². The molecule has 1 aliphatic carbocycles. The van der Waals surface area contributed by atoms with Gasteiger partial charge >= 0.3 is 12.1 Å².